The third kappa shape index (κ3) is 6.29. The average Bonchev–Trinajstić information content (AvgIpc) is 3.09. The summed E-state index contributed by atoms with van der Waals surface area (Å²) in [6.45, 7) is 10.4. The molecule has 164 valence electrons. The first-order valence-electron chi connectivity index (χ1n) is 11.3. The molecule has 2 N–H and O–H groups in total. The van der Waals surface area contributed by atoms with Gasteiger partial charge in [-0.1, -0.05) is 43.7 Å². The molecule has 0 aliphatic carbocycles. The van der Waals surface area contributed by atoms with E-state index in [1.807, 2.05) is 24.6 Å². The van der Waals surface area contributed by atoms with E-state index in [1.165, 1.54) is 24.9 Å². The van der Waals surface area contributed by atoms with Gasteiger partial charge in [-0.05, 0) is 45.2 Å². The lowest BCUT2D eigenvalue weighted by Gasteiger charge is -2.33. The number of guanidine groups is 1. The summed E-state index contributed by atoms with van der Waals surface area (Å²) in [5.41, 5.74) is 1.25. The minimum absolute atomic E-state index is 0.170. The van der Waals surface area contributed by atoms with Gasteiger partial charge in [-0.3, -0.25) is 0 Å². The molecule has 0 radical (unpaired) electrons. The Bertz CT molecular complexity index is 791. The van der Waals surface area contributed by atoms with Crippen LogP contribution in [-0.2, 0) is 13.6 Å². The molecule has 1 atom stereocenters. The number of rotatable bonds is 8. The van der Waals surface area contributed by atoms with Crippen LogP contribution in [0.25, 0.3) is 0 Å². The summed E-state index contributed by atoms with van der Waals surface area (Å²) in [5.74, 6) is 2.62. The topological polar surface area (TPSA) is 70.4 Å². The van der Waals surface area contributed by atoms with Crippen LogP contribution in [0.5, 0.6) is 0 Å². The highest BCUT2D eigenvalue weighted by Crippen LogP contribution is 2.14. The van der Waals surface area contributed by atoms with E-state index in [-0.39, 0.29) is 6.04 Å². The van der Waals surface area contributed by atoms with Crippen LogP contribution < -0.4 is 10.6 Å². The normalized spacial score (nSPS) is 17.1. The molecule has 30 heavy (non-hydrogen) atoms. The van der Waals surface area contributed by atoms with Gasteiger partial charge < -0.3 is 20.1 Å². The van der Waals surface area contributed by atoms with Gasteiger partial charge in [0.25, 0.3) is 0 Å². The quantitative estimate of drug-likeness (QED) is 0.516. The predicted octanol–water partition coefficient (Wildman–Crippen LogP) is 3.18. The lowest BCUT2D eigenvalue weighted by Crippen LogP contribution is -2.49. The molecule has 1 aliphatic rings. The summed E-state index contributed by atoms with van der Waals surface area (Å²) in [7, 11) is 1.99. The van der Waals surface area contributed by atoms with Crippen molar-refractivity contribution in [2.45, 2.75) is 65.1 Å². The molecule has 0 bridgehead atoms. The van der Waals surface area contributed by atoms with Crippen LogP contribution in [0, 0.1) is 6.92 Å². The summed E-state index contributed by atoms with van der Waals surface area (Å²) >= 11 is 0. The standard InChI is InChI=1S/C23H37N7/c1-5-6-14-30-15-12-21(13-16-30)26-23(24-17-22-28-27-19(3)29(22)4)25-18(2)20-10-8-7-9-11-20/h7-11,18,21H,5-6,12-17H2,1-4H3,(H2,24,25,26). The van der Waals surface area contributed by atoms with Crippen molar-refractivity contribution in [1.29, 1.82) is 0 Å². The zero-order valence-electron chi connectivity index (χ0n) is 18.9. The third-order valence-corrected chi connectivity index (χ3v) is 5.97. The first-order chi connectivity index (χ1) is 14.6. The maximum absolute atomic E-state index is 4.85. The largest absolute Gasteiger partial charge is 0.354 e. The van der Waals surface area contributed by atoms with E-state index in [4.69, 9.17) is 4.99 Å². The SMILES string of the molecule is CCCCN1CCC(NC(=NCc2nnc(C)n2C)NC(C)c2ccccc2)CC1. The number of nitrogens with zero attached hydrogens (tertiary/aromatic N) is 5. The van der Waals surface area contributed by atoms with Crippen molar-refractivity contribution in [2.75, 3.05) is 19.6 Å². The molecular weight excluding hydrogens is 374 g/mol. The highest BCUT2D eigenvalue weighted by molar-refractivity contribution is 5.80. The molecule has 2 heterocycles. The lowest BCUT2D eigenvalue weighted by atomic mass is 10.0. The molecule has 2 aromatic rings. The van der Waals surface area contributed by atoms with E-state index in [1.54, 1.807) is 0 Å². The smallest absolute Gasteiger partial charge is 0.192 e. The van der Waals surface area contributed by atoms with Gasteiger partial charge in [-0.25, -0.2) is 4.99 Å². The molecule has 1 saturated heterocycles. The van der Waals surface area contributed by atoms with Gasteiger partial charge in [0.2, 0.25) is 0 Å². The Labute approximate surface area is 181 Å². The molecule has 1 aliphatic heterocycles. The fourth-order valence-corrected chi connectivity index (χ4v) is 3.78. The van der Waals surface area contributed by atoms with E-state index in [0.29, 0.717) is 12.6 Å². The number of aliphatic imine (C=N–C) groups is 1. The van der Waals surface area contributed by atoms with Crippen LogP contribution in [0.4, 0.5) is 0 Å². The molecule has 1 unspecified atom stereocenters. The van der Waals surface area contributed by atoms with Crippen LogP contribution >= 0.6 is 0 Å². The number of hydrogen-bond donors (Lipinski definition) is 2. The fourth-order valence-electron chi connectivity index (χ4n) is 3.78. The number of unbranched alkanes of at least 4 members (excludes halogenated alkanes) is 1. The second-order valence-corrected chi connectivity index (χ2v) is 8.28. The van der Waals surface area contributed by atoms with Gasteiger partial charge >= 0.3 is 0 Å². The van der Waals surface area contributed by atoms with Gasteiger partial charge in [-0.15, -0.1) is 10.2 Å². The van der Waals surface area contributed by atoms with Crippen molar-refractivity contribution in [1.82, 2.24) is 30.3 Å². The monoisotopic (exact) mass is 411 g/mol. The van der Waals surface area contributed by atoms with E-state index in [0.717, 1.165) is 43.5 Å². The molecule has 7 nitrogen and oxygen atoms in total. The maximum Gasteiger partial charge on any atom is 0.192 e. The van der Waals surface area contributed by atoms with Crippen LogP contribution in [0.3, 0.4) is 0 Å². The summed E-state index contributed by atoms with van der Waals surface area (Å²) in [4.78, 5) is 7.44. The van der Waals surface area contributed by atoms with E-state index >= 15 is 0 Å². The number of piperidine rings is 1. The van der Waals surface area contributed by atoms with Gasteiger partial charge in [0, 0.05) is 26.2 Å². The molecule has 0 spiro atoms. The summed E-state index contributed by atoms with van der Waals surface area (Å²) < 4.78 is 1.99. The van der Waals surface area contributed by atoms with Gasteiger partial charge in [0.15, 0.2) is 11.8 Å². The number of benzene rings is 1. The van der Waals surface area contributed by atoms with E-state index in [2.05, 4.69) is 63.8 Å². The summed E-state index contributed by atoms with van der Waals surface area (Å²) in [5, 5.41) is 15.7. The van der Waals surface area contributed by atoms with E-state index < -0.39 is 0 Å². The Kier molecular flexibility index (Phi) is 8.25. The highest BCUT2D eigenvalue weighted by Gasteiger charge is 2.20. The number of aromatic nitrogens is 3. The van der Waals surface area contributed by atoms with Gasteiger partial charge in [-0.2, -0.15) is 0 Å². The molecule has 1 aromatic carbocycles. The number of nitrogens with one attached hydrogen (secondary N) is 2. The average molecular weight is 412 g/mol. The first kappa shape index (κ1) is 22.3. The van der Waals surface area contributed by atoms with E-state index in [9.17, 15) is 0 Å². The van der Waals surface area contributed by atoms with Crippen molar-refractivity contribution in [3.8, 4) is 0 Å². The Balaban J connectivity index is 1.64. The Morgan fingerprint density at radius 1 is 1.20 bits per heavy atom. The molecule has 3 rings (SSSR count). The van der Waals surface area contributed by atoms with Crippen molar-refractivity contribution in [3.63, 3.8) is 0 Å². The minimum atomic E-state index is 0.170. The minimum Gasteiger partial charge on any atom is -0.354 e. The molecular formula is C23H37N7. The predicted molar refractivity (Wildman–Crippen MR) is 122 cm³/mol. The zero-order chi connectivity index (χ0) is 21.3. The van der Waals surface area contributed by atoms with Crippen molar-refractivity contribution in [3.05, 3.63) is 47.5 Å². The van der Waals surface area contributed by atoms with Gasteiger partial charge in [0.05, 0.1) is 6.04 Å². The molecule has 0 saturated carbocycles. The third-order valence-electron chi connectivity index (χ3n) is 5.97. The Hall–Kier alpha value is -2.41. The van der Waals surface area contributed by atoms with Crippen LogP contribution in [-0.4, -0.2) is 51.3 Å². The van der Waals surface area contributed by atoms with Crippen molar-refractivity contribution >= 4 is 5.96 Å². The van der Waals surface area contributed by atoms with Crippen LogP contribution in [0.1, 0.15) is 62.8 Å². The Morgan fingerprint density at radius 3 is 2.57 bits per heavy atom. The lowest BCUT2D eigenvalue weighted by molar-refractivity contribution is 0.203. The summed E-state index contributed by atoms with van der Waals surface area (Å²) in [6.07, 6.45) is 4.84. The van der Waals surface area contributed by atoms with Crippen LogP contribution in [0.2, 0.25) is 0 Å². The first-order valence-corrected chi connectivity index (χ1v) is 11.3. The van der Waals surface area contributed by atoms with Gasteiger partial charge in [0.1, 0.15) is 12.4 Å². The van der Waals surface area contributed by atoms with Crippen LogP contribution in [0.15, 0.2) is 35.3 Å². The van der Waals surface area contributed by atoms with Crippen molar-refractivity contribution < 1.29 is 0 Å². The summed E-state index contributed by atoms with van der Waals surface area (Å²) in [6, 6.07) is 11.1. The molecule has 1 aromatic heterocycles. The molecule has 7 heteroatoms. The zero-order valence-corrected chi connectivity index (χ0v) is 18.9. The number of hydrogen-bond acceptors (Lipinski definition) is 4. The molecule has 0 amide bonds. The number of aryl methyl sites for hydroxylation is 1. The van der Waals surface area contributed by atoms with Crippen molar-refractivity contribution in [2.24, 2.45) is 12.0 Å². The highest BCUT2D eigenvalue weighted by atomic mass is 15.3. The Morgan fingerprint density at radius 2 is 1.93 bits per heavy atom. The second kappa shape index (κ2) is 11.1. The second-order valence-electron chi connectivity index (χ2n) is 8.28. The fraction of sp³-hybridized carbons (Fsp3) is 0.609. The molecule has 1 fully saturated rings. The number of likely N-dealkylation sites (tertiary alicyclic amines) is 1. The maximum atomic E-state index is 4.85.